The highest BCUT2D eigenvalue weighted by molar-refractivity contribution is 6.03. The van der Waals surface area contributed by atoms with Crippen LogP contribution in [0.4, 0.5) is 0 Å². The molecule has 2 nitrogen and oxygen atoms in total. The minimum atomic E-state index is 0.0128. The van der Waals surface area contributed by atoms with Crippen molar-refractivity contribution in [3.63, 3.8) is 0 Å². The molecule has 0 bridgehead atoms. The van der Waals surface area contributed by atoms with Gasteiger partial charge in [-0.2, -0.15) is 0 Å². The van der Waals surface area contributed by atoms with E-state index < -0.39 is 0 Å². The summed E-state index contributed by atoms with van der Waals surface area (Å²) in [5, 5.41) is 2.59. The van der Waals surface area contributed by atoms with Crippen LogP contribution in [-0.4, -0.2) is 9.97 Å². The zero-order chi connectivity index (χ0) is 27.6. The van der Waals surface area contributed by atoms with Gasteiger partial charge in [-0.25, -0.2) is 9.97 Å². The van der Waals surface area contributed by atoms with Crippen molar-refractivity contribution in [2.24, 2.45) is 0 Å². The first-order valence-electron chi connectivity index (χ1n) is 14.2. The summed E-state index contributed by atoms with van der Waals surface area (Å²) in [7, 11) is 0. The number of nitrogens with zero attached hydrogens (tertiary/aromatic N) is 2. The number of para-hydroxylation sites is 2. The van der Waals surface area contributed by atoms with E-state index in [1.165, 1.54) is 44.2 Å². The number of hydrogen-bond donors (Lipinski definition) is 0. The van der Waals surface area contributed by atoms with Gasteiger partial charge in [-0.05, 0) is 62.4 Å². The van der Waals surface area contributed by atoms with Crippen LogP contribution in [0.25, 0.3) is 66.6 Å². The summed E-state index contributed by atoms with van der Waals surface area (Å²) in [6.07, 6.45) is 0. The van der Waals surface area contributed by atoms with Crippen LogP contribution < -0.4 is 0 Å². The molecule has 0 spiro atoms. The molecule has 1 heterocycles. The molecule has 1 aliphatic rings. The van der Waals surface area contributed by atoms with Gasteiger partial charge in [-0.15, -0.1) is 0 Å². The van der Waals surface area contributed by atoms with Gasteiger partial charge in [0.1, 0.15) is 0 Å². The number of fused-ring (bicyclic) bond motifs is 6. The van der Waals surface area contributed by atoms with Crippen LogP contribution in [0.5, 0.6) is 0 Å². The maximum absolute atomic E-state index is 5.07. The molecule has 7 aromatic rings. The summed E-state index contributed by atoms with van der Waals surface area (Å²) in [5.74, 6) is 0. The number of rotatable bonds is 3. The van der Waals surface area contributed by atoms with Crippen molar-refractivity contribution in [2.75, 3.05) is 0 Å². The third-order valence-corrected chi connectivity index (χ3v) is 8.67. The van der Waals surface area contributed by atoms with Crippen molar-refractivity contribution in [1.29, 1.82) is 0 Å². The number of benzene rings is 6. The minimum absolute atomic E-state index is 0.0128. The second-order valence-electron chi connectivity index (χ2n) is 11.4. The SMILES string of the molecule is CC1(C)c2ccccc2-c2c1ccc1cc(-c3ccc(-c4nc5ccccc5nc4-c4ccccc4)cc3)ccc21. The first-order valence-corrected chi connectivity index (χ1v) is 14.2. The first kappa shape index (κ1) is 23.8. The molecule has 0 saturated carbocycles. The van der Waals surface area contributed by atoms with Crippen LogP contribution in [0.3, 0.4) is 0 Å². The van der Waals surface area contributed by atoms with E-state index in [1.54, 1.807) is 0 Å². The van der Waals surface area contributed by atoms with Crippen molar-refractivity contribution in [3.8, 4) is 44.8 Å². The summed E-state index contributed by atoms with van der Waals surface area (Å²) in [6, 6.07) is 47.5. The largest absolute Gasteiger partial charge is 0.244 e. The van der Waals surface area contributed by atoms with Crippen molar-refractivity contribution in [3.05, 3.63) is 145 Å². The van der Waals surface area contributed by atoms with E-state index >= 15 is 0 Å². The lowest BCUT2D eigenvalue weighted by molar-refractivity contribution is 0.661. The molecule has 0 aliphatic heterocycles. The van der Waals surface area contributed by atoms with Crippen LogP contribution in [0.1, 0.15) is 25.0 Å². The molecule has 6 aromatic carbocycles. The fourth-order valence-corrected chi connectivity index (χ4v) is 6.53. The zero-order valence-electron chi connectivity index (χ0n) is 23.1. The molecule has 0 N–H and O–H groups in total. The second kappa shape index (κ2) is 8.97. The third kappa shape index (κ3) is 3.72. The predicted octanol–water partition coefficient (Wildman–Crippen LogP) is 10.1. The molecule has 2 heteroatoms. The Balaban J connectivity index is 1.21. The Morgan fingerprint density at radius 3 is 1.78 bits per heavy atom. The third-order valence-electron chi connectivity index (χ3n) is 8.67. The number of aromatic nitrogens is 2. The summed E-state index contributed by atoms with van der Waals surface area (Å²) in [4.78, 5) is 10.1. The molecule has 194 valence electrons. The lowest BCUT2D eigenvalue weighted by Gasteiger charge is -2.21. The van der Waals surface area contributed by atoms with E-state index in [4.69, 9.17) is 9.97 Å². The van der Waals surface area contributed by atoms with E-state index in [2.05, 4.69) is 105 Å². The highest BCUT2D eigenvalue weighted by Gasteiger charge is 2.35. The van der Waals surface area contributed by atoms with Gasteiger partial charge in [-0.1, -0.05) is 129 Å². The van der Waals surface area contributed by atoms with Crippen LogP contribution in [-0.2, 0) is 5.41 Å². The van der Waals surface area contributed by atoms with E-state index in [0.717, 1.165) is 33.5 Å². The molecule has 0 amide bonds. The van der Waals surface area contributed by atoms with E-state index in [0.29, 0.717) is 0 Å². The standard InChI is InChI=1S/C39H28N2/c1-39(2)32-13-7-6-12-31(32)36-30-22-20-28(24-29(30)21-23-33(36)39)25-16-18-27(19-17-25)38-37(26-10-4-3-5-11-26)40-34-14-8-9-15-35(34)41-38/h3-24H,1-2H3. The molecule has 0 radical (unpaired) electrons. The van der Waals surface area contributed by atoms with Crippen molar-refractivity contribution in [2.45, 2.75) is 19.3 Å². The van der Waals surface area contributed by atoms with Crippen LogP contribution in [0.15, 0.2) is 133 Å². The Hall–Kier alpha value is -5.08. The van der Waals surface area contributed by atoms with Gasteiger partial charge in [-0.3, -0.25) is 0 Å². The van der Waals surface area contributed by atoms with Gasteiger partial charge in [0.2, 0.25) is 0 Å². The highest BCUT2D eigenvalue weighted by Crippen LogP contribution is 2.51. The maximum atomic E-state index is 5.07. The van der Waals surface area contributed by atoms with Gasteiger partial charge in [0.05, 0.1) is 22.4 Å². The zero-order valence-corrected chi connectivity index (χ0v) is 23.1. The molecule has 0 unspecified atom stereocenters. The fraction of sp³-hybridized carbons (Fsp3) is 0.0769. The molecule has 0 atom stereocenters. The molecule has 1 aromatic heterocycles. The minimum Gasteiger partial charge on any atom is -0.244 e. The molecular weight excluding hydrogens is 496 g/mol. The van der Waals surface area contributed by atoms with Crippen LogP contribution in [0, 0.1) is 0 Å². The average Bonchev–Trinajstić information content (AvgIpc) is 3.27. The molecular formula is C39H28N2. The maximum Gasteiger partial charge on any atom is 0.0973 e. The van der Waals surface area contributed by atoms with Crippen LogP contribution >= 0.6 is 0 Å². The summed E-state index contributed by atoms with van der Waals surface area (Å²) >= 11 is 0. The van der Waals surface area contributed by atoms with Gasteiger partial charge in [0, 0.05) is 16.5 Å². The van der Waals surface area contributed by atoms with Crippen LogP contribution in [0.2, 0.25) is 0 Å². The Morgan fingerprint density at radius 1 is 0.463 bits per heavy atom. The van der Waals surface area contributed by atoms with E-state index in [-0.39, 0.29) is 5.41 Å². The molecule has 0 fully saturated rings. The normalized spacial score (nSPS) is 13.3. The molecule has 41 heavy (non-hydrogen) atoms. The Labute approximate surface area is 240 Å². The van der Waals surface area contributed by atoms with Gasteiger partial charge in [0.15, 0.2) is 0 Å². The van der Waals surface area contributed by atoms with Crippen molar-refractivity contribution in [1.82, 2.24) is 9.97 Å². The van der Waals surface area contributed by atoms with Gasteiger partial charge < -0.3 is 0 Å². The first-order chi connectivity index (χ1) is 20.1. The summed E-state index contributed by atoms with van der Waals surface area (Å²) in [6.45, 7) is 4.67. The van der Waals surface area contributed by atoms with Gasteiger partial charge >= 0.3 is 0 Å². The van der Waals surface area contributed by atoms with Crippen molar-refractivity contribution >= 4 is 21.8 Å². The molecule has 8 rings (SSSR count). The molecule has 0 saturated heterocycles. The summed E-state index contributed by atoms with van der Waals surface area (Å²) in [5.41, 5.74) is 13.7. The quantitative estimate of drug-likeness (QED) is 0.230. The Morgan fingerprint density at radius 2 is 1.05 bits per heavy atom. The average molecular weight is 525 g/mol. The van der Waals surface area contributed by atoms with E-state index in [9.17, 15) is 0 Å². The molecule has 1 aliphatic carbocycles. The Kier molecular flexibility index (Phi) is 5.20. The predicted molar refractivity (Wildman–Crippen MR) is 171 cm³/mol. The fourth-order valence-electron chi connectivity index (χ4n) is 6.53. The smallest absolute Gasteiger partial charge is 0.0973 e. The second-order valence-corrected chi connectivity index (χ2v) is 11.4. The monoisotopic (exact) mass is 524 g/mol. The Bertz CT molecular complexity index is 2110. The topological polar surface area (TPSA) is 25.8 Å². The van der Waals surface area contributed by atoms with Gasteiger partial charge in [0.25, 0.3) is 0 Å². The van der Waals surface area contributed by atoms with Crippen molar-refractivity contribution < 1.29 is 0 Å². The summed E-state index contributed by atoms with van der Waals surface area (Å²) < 4.78 is 0. The van der Waals surface area contributed by atoms with E-state index in [1.807, 2.05) is 42.5 Å². The lowest BCUT2D eigenvalue weighted by Crippen LogP contribution is -2.14. The lowest BCUT2D eigenvalue weighted by atomic mass is 9.82. The highest BCUT2D eigenvalue weighted by atomic mass is 14.8. The number of hydrogen-bond acceptors (Lipinski definition) is 2.